The molecule has 0 aliphatic carbocycles. The van der Waals surface area contributed by atoms with Gasteiger partial charge in [-0.25, -0.2) is 0 Å². The van der Waals surface area contributed by atoms with Crippen LogP contribution in [0.5, 0.6) is 0 Å². The van der Waals surface area contributed by atoms with Crippen molar-refractivity contribution in [1.29, 1.82) is 0 Å². The highest BCUT2D eigenvalue weighted by atomic mass is 32.1. The fraction of sp³-hybridized carbons (Fsp3) is 0.667. The SMILES string of the molecule is CO[Si](CCCNc1nc(=S)[nH]c(=S)[nH]1)(OC)OC. The Morgan fingerprint density at radius 3 is 2.32 bits per heavy atom. The third-order valence-electron chi connectivity index (χ3n) is 2.55. The topological polar surface area (TPSA) is 84.2 Å². The van der Waals surface area contributed by atoms with Crippen LogP contribution in [0.3, 0.4) is 0 Å². The summed E-state index contributed by atoms with van der Waals surface area (Å²) >= 11 is 9.91. The Bertz CT molecular complexity index is 466. The average Bonchev–Trinajstić information content (AvgIpc) is 2.39. The predicted octanol–water partition coefficient (Wildman–Crippen LogP) is 1.88. The van der Waals surface area contributed by atoms with Gasteiger partial charge in [-0.3, -0.25) is 0 Å². The van der Waals surface area contributed by atoms with E-state index in [0.29, 0.717) is 28.1 Å². The second kappa shape index (κ2) is 7.82. The Hall–Kier alpha value is -0.653. The second-order valence-electron chi connectivity index (χ2n) is 3.67. The van der Waals surface area contributed by atoms with Crippen molar-refractivity contribution >= 4 is 39.2 Å². The maximum atomic E-state index is 5.33. The Morgan fingerprint density at radius 2 is 1.79 bits per heavy atom. The summed E-state index contributed by atoms with van der Waals surface area (Å²) in [6.07, 6.45) is 0.815. The van der Waals surface area contributed by atoms with E-state index in [1.165, 1.54) is 0 Å². The van der Waals surface area contributed by atoms with Crippen molar-refractivity contribution in [3.63, 3.8) is 0 Å². The first-order chi connectivity index (χ1) is 9.05. The molecule has 7 nitrogen and oxygen atoms in total. The smallest absolute Gasteiger partial charge is 0.377 e. The van der Waals surface area contributed by atoms with E-state index in [9.17, 15) is 0 Å². The summed E-state index contributed by atoms with van der Waals surface area (Å²) in [5, 5.41) is 3.11. The summed E-state index contributed by atoms with van der Waals surface area (Å²) in [6, 6.07) is 0.712. The van der Waals surface area contributed by atoms with Crippen LogP contribution >= 0.6 is 24.4 Å². The fourth-order valence-corrected chi connectivity index (χ4v) is 3.72. The lowest BCUT2D eigenvalue weighted by Gasteiger charge is -2.24. The fourth-order valence-electron chi connectivity index (χ4n) is 1.54. The monoisotopic (exact) mass is 322 g/mol. The number of nitrogens with zero attached hydrogens (tertiary/aromatic N) is 1. The average molecular weight is 322 g/mol. The van der Waals surface area contributed by atoms with Crippen LogP contribution in [-0.4, -0.2) is 51.6 Å². The molecule has 10 heteroatoms. The lowest BCUT2D eigenvalue weighted by Crippen LogP contribution is -2.42. The first-order valence-electron chi connectivity index (χ1n) is 5.65. The maximum absolute atomic E-state index is 5.33. The predicted molar refractivity (Wildman–Crippen MR) is 79.3 cm³/mol. The quantitative estimate of drug-likeness (QED) is 0.383. The highest BCUT2D eigenvalue weighted by molar-refractivity contribution is 7.71. The molecular weight excluding hydrogens is 304 g/mol. The van der Waals surface area contributed by atoms with Gasteiger partial charge in [-0.15, -0.1) is 0 Å². The van der Waals surface area contributed by atoms with Crippen LogP contribution in [-0.2, 0) is 13.3 Å². The minimum Gasteiger partial charge on any atom is -0.377 e. The zero-order valence-electron chi connectivity index (χ0n) is 11.1. The summed E-state index contributed by atoms with van der Waals surface area (Å²) in [5.74, 6) is 0.549. The van der Waals surface area contributed by atoms with Gasteiger partial charge in [0.25, 0.3) is 0 Å². The van der Waals surface area contributed by atoms with E-state index in [1.807, 2.05) is 0 Å². The molecule has 0 saturated heterocycles. The van der Waals surface area contributed by atoms with Crippen molar-refractivity contribution in [2.45, 2.75) is 12.5 Å². The molecule has 19 heavy (non-hydrogen) atoms. The van der Waals surface area contributed by atoms with E-state index < -0.39 is 8.80 Å². The zero-order chi connectivity index (χ0) is 14.3. The molecule has 0 aliphatic rings. The Morgan fingerprint density at radius 1 is 1.16 bits per heavy atom. The van der Waals surface area contributed by atoms with E-state index in [1.54, 1.807) is 21.3 Å². The molecule has 0 unspecified atom stereocenters. The molecular formula is C9H18N4O3S2Si. The van der Waals surface area contributed by atoms with Crippen LogP contribution in [0, 0.1) is 9.54 Å². The molecule has 1 heterocycles. The number of aromatic amines is 2. The van der Waals surface area contributed by atoms with Crippen molar-refractivity contribution in [2.75, 3.05) is 33.2 Å². The van der Waals surface area contributed by atoms with Crippen molar-refractivity contribution in [2.24, 2.45) is 0 Å². The molecule has 0 fully saturated rings. The third-order valence-corrected chi connectivity index (χ3v) is 5.78. The molecule has 0 bridgehead atoms. The lowest BCUT2D eigenvalue weighted by atomic mass is 10.5. The van der Waals surface area contributed by atoms with Gasteiger partial charge in [0.1, 0.15) is 0 Å². The van der Waals surface area contributed by atoms with Gasteiger partial charge in [-0.2, -0.15) is 4.98 Å². The van der Waals surface area contributed by atoms with Crippen molar-refractivity contribution < 1.29 is 13.3 Å². The number of hydrogen-bond donors (Lipinski definition) is 3. The highest BCUT2D eigenvalue weighted by Crippen LogP contribution is 2.14. The summed E-state index contributed by atoms with van der Waals surface area (Å²) in [7, 11) is 2.30. The van der Waals surface area contributed by atoms with Gasteiger partial charge in [0.2, 0.25) is 10.7 Å². The number of anilines is 1. The largest absolute Gasteiger partial charge is 0.500 e. The molecule has 1 aromatic rings. The van der Waals surface area contributed by atoms with Gasteiger partial charge in [0, 0.05) is 33.9 Å². The second-order valence-corrected chi connectivity index (χ2v) is 7.56. The third kappa shape index (κ3) is 5.08. The number of hydrogen-bond acceptors (Lipinski definition) is 7. The van der Waals surface area contributed by atoms with Crippen LogP contribution in [0.2, 0.25) is 6.04 Å². The summed E-state index contributed by atoms with van der Waals surface area (Å²) in [4.78, 5) is 9.67. The molecule has 0 saturated carbocycles. The maximum Gasteiger partial charge on any atom is 0.500 e. The van der Waals surface area contributed by atoms with Gasteiger partial charge in [-0.1, -0.05) is 0 Å². The van der Waals surface area contributed by atoms with E-state index >= 15 is 0 Å². The standard InChI is InChI=1S/C9H18N4O3S2Si/c1-14-19(15-2,16-3)6-4-5-10-7-11-8(17)13-9(18)12-7/h4-6H2,1-3H3,(H3,10,11,12,13,17,18). The molecule has 0 aliphatic heterocycles. The van der Waals surface area contributed by atoms with Gasteiger partial charge < -0.3 is 28.6 Å². The molecule has 0 amide bonds. The normalized spacial score (nSPS) is 11.5. The lowest BCUT2D eigenvalue weighted by molar-refractivity contribution is 0.123. The summed E-state index contributed by atoms with van der Waals surface area (Å²) < 4.78 is 16.8. The van der Waals surface area contributed by atoms with Crippen molar-refractivity contribution in [1.82, 2.24) is 15.0 Å². The Kier molecular flexibility index (Phi) is 6.75. The van der Waals surface area contributed by atoms with E-state index in [-0.39, 0.29) is 0 Å². The Labute approximate surface area is 123 Å². The van der Waals surface area contributed by atoms with Crippen LogP contribution in [0.1, 0.15) is 6.42 Å². The van der Waals surface area contributed by atoms with Crippen LogP contribution in [0.15, 0.2) is 0 Å². The van der Waals surface area contributed by atoms with Crippen LogP contribution in [0.4, 0.5) is 5.95 Å². The molecule has 1 aromatic heterocycles. The van der Waals surface area contributed by atoms with E-state index in [0.717, 1.165) is 6.42 Å². The highest BCUT2D eigenvalue weighted by Gasteiger charge is 2.36. The zero-order valence-corrected chi connectivity index (χ0v) is 13.7. The summed E-state index contributed by atoms with van der Waals surface area (Å²) in [6.45, 7) is 0.682. The van der Waals surface area contributed by atoms with E-state index in [4.69, 9.17) is 37.7 Å². The van der Waals surface area contributed by atoms with Crippen molar-refractivity contribution in [3.8, 4) is 0 Å². The minimum absolute atomic E-state index is 0.348. The molecule has 1 rings (SSSR count). The van der Waals surface area contributed by atoms with E-state index in [2.05, 4.69) is 20.3 Å². The molecule has 0 atom stereocenters. The number of rotatable bonds is 8. The Balaban J connectivity index is 2.46. The van der Waals surface area contributed by atoms with Crippen LogP contribution < -0.4 is 5.32 Å². The molecule has 108 valence electrons. The minimum atomic E-state index is -2.50. The number of H-pyrrole nitrogens is 2. The molecule has 0 spiro atoms. The van der Waals surface area contributed by atoms with Crippen molar-refractivity contribution in [3.05, 3.63) is 9.54 Å². The van der Waals surface area contributed by atoms with Gasteiger partial charge in [0.15, 0.2) is 4.77 Å². The van der Waals surface area contributed by atoms with Gasteiger partial charge in [0.05, 0.1) is 0 Å². The number of nitrogens with one attached hydrogen (secondary N) is 3. The molecule has 0 aromatic carbocycles. The first kappa shape index (κ1) is 16.4. The molecule has 0 radical (unpaired) electrons. The first-order valence-corrected chi connectivity index (χ1v) is 8.40. The summed E-state index contributed by atoms with van der Waals surface area (Å²) in [5.41, 5.74) is 0. The van der Waals surface area contributed by atoms with Gasteiger partial charge >= 0.3 is 8.80 Å². The number of aromatic nitrogens is 3. The molecule has 3 N–H and O–H groups in total. The van der Waals surface area contributed by atoms with Gasteiger partial charge in [-0.05, 0) is 30.9 Å². The van der Waals surface area contributed by atoms with Crippen LogP contribution in [0.25, 0.3) is 0 Å².